The predicted molar refractivity (Wildman–Crippen MR) is 132 cm³/mol. The van der Waals surface area contributed by atoms with Gasteiger partial charge in [0.1, 0.15) is 5.82 Å². The zero-order chi connectivity index (χ0) is 20.7. The summed E-state index contributed by atoms with van der Waals surface area (Å²) in [5.74, 6) is 0.601. The van der Waals surface area contributed by atoms with E-state index in [0.717, 1.165) is 31.3 Å². The van der Waals surface area contributed by atoms with Gasteiger partial charge in [0.2, 0.25) is 0 Å². The van der Waals surface area contributed by atoms with Gasteiger partial charge in [-0.05, 0) is 89.2 Å². The van der Waals surface area contributed by atoms with E-state index in [9.17, 15) is 4.79 Å². The second-order valence-corrected chi connectivity index (χ2v) is 8.48. The number of aromatic nitrogens is 3. The van der Waals surface area contributed by atoms with Crippen molar-refractivity contribution < 1.29 is 0 Å². The molecule has 0 saturated heterocycles. The number of nitrogens with one attached hydrogen (secondary N) is 1. The van der Waals surface area contributed by atoms with Gasteiger partial charge in [-0.25, -0.2) is 4.98 Å². The van der Waals surface area contributed by atoms with Gasteiger partial charge in [0.15, 0.2) is 0 Å². The zero-order valence-electron chi connectivity index (χ0n) is 16.3. The molecular weight excluding hydrogens is 485 g/mol. The molecule has 0 aliphatic heterocycles. The van der Waals surface area contributed by atoms with Crippen molar-refractivity contribution in [3.8, 4) is 5.69 Å². The van der Waals surface area contributed by atoms with Crippen LogP contribution in [0.2, 0.25) is 0 Å². The first kappa shape index (κ1) is 18.8. The third-order valence-electron chi connectivity index (χ3n) is 5.15. The van der Waals surface area contributed by atoms with Crippen molar-refractivity contribution in [3.63, 3.8) is 0 Å². The molecule has 0 bridgehead atoms. The fourth-order valence-corrected chi connectivity index (χ4v) is 4.19. The van der Waals surface area contributed by atoms with Crippen LogP contribution in [0.3, 0.4) is 0 Å². The van der Waals surface area contributed by atoms with Crippen LogP contribution in [-0.4, -0.2) is 14.5 Å². The van der Waals surface area contributed by atoms with Crippen LogP contribution < -0.4 is 5.56 Å². The summed E-state index contributed by atoms with van der Waals surface area (Å²) >= 11 is 2.22. The van der Waals surface area contributed by atoms with Crippen molar-refractivity contribution >= 4 is 56.5 Å². The highest BCUT2D eigenvalue weighted by Gasteiger charge is 2.12. The first-order valence-electron chi connectivity index (χ1n) is 9.64. The minimum absolute atomic E-state index is 0.0670. The molecule has 0 fully saturated rings. The summed E-state index contributed by atoms with van der Waals surface area (Å²) in [7, 11) is 0. The second kappa shape index (κ2) is 7.57. The molecule has 5 heteroatoms. The number of para-hydroxylation sites is 1. The second-order valence-electron chi connectivity index (χ2n) is 7.23. The Hall–Kier alpha value is -3.19. The predicted octanol–water partition coefficient (Wildman–Crippen LogP) is 5.95. The average molecular weight is 503 g/mol. The Morgan fingerprint density at radius 2 is 1.83 bits per heavy atom. The van der Waals surface area contributed by atoms with Gasteiger partial charge >= 0.3 is 0 Å². The Morgan fingerprint density at radius 1 is 0.967 bits per heavy atom. The molecule has 0 atom stereocenters. The van der Waals surface area contributed by atoms with E-state index in [1.807, 2.05) is 85.9 Å². The number of fused-ring (bicyclic) bond motifs is 2. The summed E-state index contributed by atoms with van der Waals surface area (Å²) < 4.78 is 2.70. The van der Waals surface area contributed by atoms with Crippen LogP contribution in [0.25, 0.3) is 39.6 Å². The summed E-state index contributed by atoms with van der Waals surface area (Å²) in [4.78, 5) is 21.6. The molecular formula is C25H18IN3O. The maximum atomic E-state index is 13.5. The molecule has 146 valence electrons. The lowest BCUT2D eigenvalue weighted by atomic mass is 10.1. The van der Waals surface area contributed by atoms with E-state index < -0.39 is 0 Å². The van der Waals surface area contributed by atoms with Crippen molar-refractivity contribution in [2.45, 2.75) is 6.92 Å². The maximum absolute atomic E-state index is 13.5. The van der Waals surface area contributed by atoms with Gasteiger partial charge in [-0.15, -0.1) is 0 Å². The van der Waals surface area contributed by atoms with Crippen molar-refractivity contribution in [1.29, 1.82) is 0 Å². The van der Waals surface area contributed by atoms with Gasteiger partial charge < -0.3 is 4.98 Å². The monoisotopic (exact) mass is 503 g/mol. The highest BCUT2D eigenvalue weighted by Crippen LogP contribution is 2.21. The van der Waals surface area contributed by atoms with Crippen LogP contribution in [0.1, 0.15) is 17.0 Å². The minimum Gasteiger partial charge on any atom is -0.361 e. The number of benzene rings is 3. The lowest BCUT2D eigenvalue weighted by molar-refractivity contribution is 0.942. The van der Waals surface area contributed by atoms with Gasteiger partial charge in [0.05, 0.1) is 16.6 Å². The fraction of sp³-hybridized carbons (Fsp3) is 0.0400. The number of aryl methyl sites for hydroxylation is 1. The molecule has 30 heavy (non-hydrogen) atoms. The Morgan fingerprint density at radius 3 is 2.70 bits per heavy atom. The van der Waals surface area contributed by atoms with Crippen molar-refractivity contribution in [2.24, 2.45) is 0 Å². The topological polar surface area (TPSA) is 50.7 Å². The Labute approximate surface area is 187 Å². The summed E-state index contributed by atoms with van der Waals surface area (Å²) in [5.41, 5.74) is 4.67. The molecule has 0 aliphatic carbocycles. The standard InChI is InChI=1S/C25H18IN3O/c1-16-5-4-6-19(13-16)29-24(28-23-11-10-18(26)14-21(23)25(29)30)12-9-17-15-27-22-8-3-2-7-20(17)22/h2-15,27H,1H3/b12-9+. The van der Waals surface area contributed by atoms with Crippen molar-refractivity contribution in [3.05, 3.63) is 104 Å². The number of hydrogen-bond donors (Lipinski definition) is 1. The highest BCUT2D eigenvalue weighted by molar-refractivity contribution is 14.1. The first-order chi connectivity index (χ1) is 14.6. The van der Waals surface area contributed by atoms with E-state index in [1.165, 1.54) is 0 Å². The van der Waals surface area contributed by atoms with E-state index in [1.54, 1.807) is 4.57 Å². The lowest BCUT2D eigenvalue weighted by Gasteiger charge is -2.12. The summed E-state index contributed by atoms with van der Waals surface area (Å²) in [6.07, 6.45) is 5.89. The van der Waals surface area contributed by atoms with Gasteiger partial charge in [-0.3, -0.25) is 9.36 Å². The van der Waals surface area contributed by atoms with E-state index in [-0.39, 0.29) is 5.56 Å². The quantitative estimate of drug-likeness (QED) is 0.310. The Bertz CT molecular complexity index is 1490. The number of hydrogen-bond acceptors (Lipinski definition) is 2. The third kappa shape index (κ3) is 3.35. The molecule has 0 saturated carbocycles. The average Bonchev–Trinajstić information content (AvgIpc) is 3.16. The molecule has 0 aliphatic rings. The van der Waals surface area contributed by atoms with Crippen LogP contribution in [-0.2, 0) is 0 Å². The molecule has 4 nitrogen and oxygen atoms in total. The first-order valence-corrected chi connectivity index (χ1v) is 10.7. The van der Waals surface area contributed by atoms with E-state index in [4.69, 9.17) is 4.98 Å². The van der Waals surface area contributed by atoms with Crippen LogP contribution in [0.15, 0.2) is 77.7 Å². The fourth-order valence-electron chi connectivity index (χ4n) is 3.70. The van der Waals surface area contributed by atoms with Gasteiger partial charge in [-0.1, -0.05) is 30.3 Å². The molecule has 2 heterocycles. The number of aromatic amines is 1. The van der Waals surface area contributed by atoms with Gasteiger partial charge in [0, 0.05) is 20.7 Å². The van der Waals surface area contributed by atoms with Gasteiger partial charge in [-0.2, -0.15) is 0 Å². The van der Waals surface area contributed by atoms with E-state index in [0.29, 0.717) is 16.7 Å². The zero-order valence-corrected chi connectivity index (χ0v) is 18.4. The summed E-state index contributed by atoms with van der Waals surface area (Å²) in [6, 6.07) is 21.9. The van der Waals surface area contributed by atoms with Crippen molar-refractivity contribution in [1.82, 2.24) is 14.5 Å². The van der Waals surface area contributed by atoms with Crippen molar-refractivity contribution in [2.75, 3.05) is 0 Å². The molecule has 0 amide bonds. The summed E-state index contributed by atoms with van der Waals surface area (Å²) in [6.45, 7) is 2.02. The minimum atomic E-state index is -0.0670. The van der Waals surface area contributed by atoms with Crippen LogP contribution in [0, 0.1) is 10.5 Å². The number of rotatable bonds is 3. The molecule has 0 unspecified atom stereocenters. The lowest BCUT2D eigenvalue weighted by Crippen LogP contribution is -2.22. The largest absolute Gasteiger partial charge is 0.361 e. The number of nitrogens with zero attached hydrogens (tertiary/aromatic N) is 2. The van der Waals surface area contributed by atoms with Crippen LogP contribution in [0.4, 0.5) is 0 Å². The third-order valence-corrected chi connectivity index (χ3v) is 5.82. The SMILES string of the molecule is Cc1cccc(-n2c(/C=C/c3c[nH]c4ccccc34)nc3ccc(I)cc3c2=O)c1. The Kier molecular flexibility index (Phi) is 4.75. The smallest absolute Gasteiger partial charge is 0.266 e. The molecule has 5 rings (SSSR count). The molecule has 1 N–H and O–H groups in total. The van der Waals surface area contributed by atoms with Crippen LogP contribution >= 0.6 is 22.6 Å². The molecule has 5 aromatic rings. The van der Waals surface area contributed by atoms with Crippen LogP contribution in [0.5, 0.6) is 0 Å². The Balaban J connectivity index is 1.75. The molecule has 0 radical (unpaired) electrons. The number of halogens is 1. The molecule has 2 aromatic heterocycles. The number of H-pyrrole nitrogens is 1. The van der Waals surface area contributed by atoms with E-state index in [2.05, 4.69) is 33.6 Å². The maximum Gasteiger partial charge on any atom is 0.266 e. The van der Waals surface area contributed by atoms with E-state index >= 15 is 0 Å². The molecule has 0 spiro atoms. The normalized spacial score (nSPS) is 11.7. The van der Waals surface area contributed by atoms with Gasteiger partial charge in [0.25, 0.3) is 5.56 Å². The molecule has 3 aromatic carbocycles. The highest BCUT2D eigenvalue weighted by atomic mass is 127. The summed E-state index contributed by atoms with van der Waals surface area (Å²) in [5, 5.41) is 1.75.